The van der Waals surface area contributed by atoms with Crippen LogP contribution in [-0.4, -0.2) is 39.2 Å². The zero-order chi connectivity index (χ0) is 16.2. The zero-order valence-electron chi connectivity index (χ0n) is 13.5. The number of nitrogen functional groups attached to an aromatic ring is 1. The molecule has 1 fully saturated rings. The lowest BCUT2D eigenvalue weighted by Crippen LogP contribution is -2.32. The van der Waals surface area contributed by atoms with Gasteiger partial charge in [-0.25, -0.2) is 4.79 Å². The number of ether oxygens (including phenoxy) is 1. The van der Waals surface area contributed by atoms with Crippen molar-refractivity contribution in [1.82, 2.24) is 24.8 Å². The minimum absolute atomic E-state index is 0.190. The van der Waals surface area contributed by atoms with Crippen LogP contribution in [-0.2, 0) is 6.54 Å². The molecule has 0 aliphatic carbocycles. The summed E-state index contributed by atoms with van der Waals surface area (Å²) in [5.41, 5.74) is 6.79. The van der Waals surface area contributed by atoms with Gasteiger partial charge in [0.2, 0.25) is 0 Å². The van der Waals surface area contributed by atoms with Gasteiger partial charge < -0.3 is 20.8 Å². The third-order valence-corrected chi connectivity index (χ3v) is 4.26. The summed E-state index contributed by atoms with van der Waals surface area (Å²) in [6.45, 7) is 5.26. The van der Waals surface area contributed by atoms with Gasteiger partial charge in [-0.3, -0.25) is 4.57 Å². The Balaban J connectivity index is 1.89. The van der Waals surface area contributed by atoms with Crippen molar-refractivity contribution < 1.29 is 4.74 Å². The third-order valence-electron chi connectivity index (χ3n) is 4.26. The highest BCUT2D eigenvalue weighted by Crippen LogP contribution is 2.20. The van der Waals surface area contributed by atoms with Crippen LogP contribution in [0.5, 0.6) is 6.01 Å². The number of H-pyrrole nitrogens is 1. The zero-order valence-corrected chi connectivity index (χ0v) is 13.5. The Kier molecular flexibility index (Phi) is 4.80. The van der Waals surface area contributed by atoms with Gasteiger partial charge in [-0.05, 0) is 38.3 Å². The fourth-order valence-corrected chi connectivity index (χ4v) is 2.90. The second kappa shape index (κ2) is 6.99. The molecule has 0 amide bonds. The normalized spacial score (nSPS) is 16.0. The number of fused-ring (bicyclic) bond motifs is 1. The Hall–Kier alpha value is -2.09. The summed E-state index contributed by atoms with van der Waals surface area (Å²) < 4.78 is 7.21. The first-order valence-corrected chi connectivity index (χ1v) is 8.28. The number of unbranched alkanes of at least 4 members (excludes halogenated alkanes) is 1. The first-order valence-electron chi connectivity index (χ1n) is 8.28. The van der Waals surface area contributed by atoms with Crippen LogP contribution in [0.15, 0.2) is 4.79 Å². The molecule has 3 rings (SSSR count). The maximum atomic E-state index is 12.3. The lowest BCUT2D eigenvalue weighted by molar-refractivity contribution is 0.286. The molecule has 0 saturated carbocycles. The second-order valence-corrected chi connectivity index (χ2v) is 6.03. The van der Waals surface area contributed by atoms with Crippen molar-refractivity contribution in [3.8, 4) is 6.01 Å². The van der Waals surface area contributed by atoms with Crippen molar-refractivity contribution in [3.63, 3.8) is 0 Å². The molecule has 8 heteroatoms. The van der Waals surface area contributed by atoms with E-state index >= 15 is 0 Å². The largest absolute Gasteiger partial charge is 0.463 e. The summed E-state index contributed by atoms with van der Waals surface area (Å²) in [5, 5.41) is 3.33. The molecule has 2 aromatic rings. The quantitative estimate of drug-likeness (QED) is 0.681. The summed E-state index contributed by atoms with van der Waals surface area (Å²) in [4.78, 5) is 23.6. The molecular weight excluding hydrogens is 296 g/mol. The van der Waals surface area contributed by atoms with Crippen molar-refractivity contribution in [1.29, 1.82) is 0 Å². The van der Waals surface area contributed by atoms with Crippen LogP contribution in [0, 0.1) is 5.92 Å². The molecule has 0 radical (unpaired) electrons. The molecule has 1 aliphatic rings. The van der Waals surface area contributed by atoms with E-state index in [2.05, 4.69) is 27.2 Å². The third kappa shape index (κ3) is 3.47. The topological polar surface area (TPSA) is 111 Å². The van der Waals surface area contributed by atoms with Gasteiger partial charge in [0, 0.05) is 6.54 Å². The molecule has 0 bridgehead atoms. The molecular formula is C15H24N6O2. The molecule has 126 valence electrons. The first kappa shape index (κ1) is 15.8. The average molecular weight is 320 g/mol. The number of nitrogens with two attached hydrogens (primary N) is 1. The monoisotopic (exact) mass is 320 g/mol. The fraction of sp³-hybridized carbons (Fsp3) is 0.667. The number of piperidine rings is 1. The molecule has 3 heterocycles. The summed E-state index contributed by atoms with van der Waals surface area (Å²) >= 11 is 0. The summed E-state index contributed by atoms with van der Waals surface area (Å²) in [6.07, 6.45) is 4.07. The highest BCUT2D eigenvalue weighted by Gasteiger charge is 2.19. The molecule has 2 aromatic heterocycles. The summed E-state index contributed by atoms with van der Waals surface area (Å²) in [6, 6.07) is 0.238. The Morgan fingerprint density at radius 1 is 1.35 bits per heavy atom. The van der Waals surface area contributed by atoms with Crippen LogP contribution in [0.2, 0.25) is 0 Å². The number of aromatic amines is 1. The van der Waals surface area contributed by atoms with E-state index < -0.39 is 0 Å². The van der Waals surface area contributed by atoms with Gasteiger partial charge in [0.1, 0.15) is 5.52 Å². The number of hydrogen-bond acceptors (Lipinski definition) is 6. The number of nitrogens with one attached hydrogen (secondary N) is 2. The van der Waals surface area contributed by atoms with Gasteiger partial charge >= 0.3 is 11.7 Å². The summed E-state index contributed by atoms with van der Waals surface area (Å²) in [5.74, 6) is 0.719. The average Bonchev–Trinajstić information content (AvgIpc) is 2.86. The van der Waals surface area contributed by atoms with Crippen molar-refractivity contribution in [2.45, 2.75) is 39.2 Å². The van der Waals surface area contributed by atoms with Gasteiger partial charge in [0.25, 0.3) is 0 Å². The van der Waals surface area contributed by atoms with Crippen molar-refractivity contribution in [2.24, 2.45) is 5.92 Å². The van der Waals surface area contributed by atoms with E-state index in [1.54, 1.807) is 4.57 Å². The fourth-order valence-electron chi connectivity index (χ4n) is 2.90. The molecule has 0 aromatic carbocycles. The minimum Gasteiger partial charge on any atom is -0.463 e. The van der Waals surface area contributed by atoms with E-state index in [4.69, 9.17) is 10.5 Å². The van der Waals surface area contributed by atoms with Gasteiger partial charge in [-0.15, -0.1) is 0 Å². The molecule has 0 unspecified atom stereocenters. The number of hydrogen-bond donors (Lipinski definition) is 3. The van der Waals surface area contributed by atoms with E-state index in [1.165, 1.54) is 0 Å². The van der Waals surface area contributed by atoms with E-state index in [0.717, 1.165) is 38.8 Å². The van der Waals surface area contributed by atoms with Crippen molar-refractivity contribution in [3.05, 3.63) is 10.5 Å². The highest BCUT2D eigenvalue weighted by atomic mass is 16.5. The van der Waals surface area contributed by atoms with E-state index in [1.807, 2.05) is 0 Å². The van der Waals surface area contributed by atoms with Gasteiger partial charge in [-0.2, -0.15) is 9.97 Å². The van der Waals surface area contributed by atoms with Crippen LogP contribution < -0.4 is 21.5 Å². The van der Waals surface area contributed by atoms with E-state index in [-0.39, 0.29) is 17.5 Å². The number of imidazole rings is 1. The summed E-state index contributed by atoms with van der Waals surface area (Å²) in [7, 11) is 0. The van der Waals surface area contributed by atoms with Gasteiger partial charge in [0.05, 0.1) is 6.61 Å². The molecule has 1 aliphatic heterocycles. The number of anilines is 1. The Bertz CT molecular complexity index is 717. The number of aromatic nitrogens is 4. The second-order valence-electron chi connectivity index (χ2n) is 6.03. The van der Waals surface area contributed by atoms with E-state index in [0.29, 0.717) is 30.2 Å². The predicted octanol–water partition coefficient (Wildman–Crippen LogP) is 0.880. The van der Waals surface area contributed by atoms with Crippen LogP contribution in [0.1, 0.15) is 32.6 Å². The highest BCUT2D eigenvalue weighted by molar-refractivity contribution is 5.81. The Morgan fingerprint density at radius 2 is 2.13 bits per heavy atom. The minimum atomic E-state index is -0.190. The van der Waals surface area contributed by atoms with Crippen molar-refractivity contribution in [2.75, 3.05) is 25.4 Å². The molecule has 4 N–H and O–H groups in total. The molecule has 8 nitrogen and oxygen atoms in total. The number of nitrogens with zero attached hydrogens (tertiary/aromatic N) is 3. The molecule has 1 saturated heterocycles. The maximum absolute atomic E-state index is 12.3. The van der Waals surface area contributed by atoms with Crippen LogP contribution in [0.25, 0.3) is 11.2 Å². The lowest BCUT2D eigenvalue weighted by Gasteiger charge is -2.22. The predicted molar refractivity (Wildman–Crippen MR) is 88.6 cm³/mol. The molecule has 0 atom stereocenters. The molecule has 0 spiro atoms. The first-order chi connectivity index (χ1) is 11.2. The lowest BCUT2D eigenvalue weighted by atomic mass is 9.98. The number of rotatable bonds is 6. The van der Waals surface area contributed by atoms with Gasteiger partial charge in [-0.1, -0.05) is 13.3 Å². The molecule has 23 heavy (non-hydrogen) atoms. The van der Waals surface area contributed by atoms with Crippen LogP contribution in [0.4, 0.5) is 5.82 Å². The SMILES string of the molecule is CCCCOc1nc(N)c2[nH]c(=O)n(CC3CCNCC3)c2n1. The van der Waals surface area contributed by atoms with Crippen molar-refractivity contribution >= 4 is 17.0 Å². The standard InChI is InChI=1S/C15H24N6O2/c1-2-3-8-23-14-19-12(16)11-13(20-14)21(15(22)18-11)9-10-4-6-17-7-5-10/h10,17H,2-9H2,1H3,(H,18,22)(H2,16,19,20). The van der Waals surface area contributed by atoms with Crippen LogP contribution >= 0.6 is 0 Å². The van der Waals surface area contributed by atoms with E-state index in [9.17, 15) is 4.79 Å². The van der Waals surface area contributed by atoms with Crippen LogP contribution in [0.3, 0.4) is 0 Å². The Labute approximate surface area is 134 Å². The smallest absolute Gasteiger partial charge is 0.327 e. The van der Waals surface area contributed by atoms with Gasteiger partial charge in [0.15, 0.2) is 11.5 Å². The maximum Gasteiger partial charge on any atom is 0.327 e. The Morgan fingerprint density at radius 3 is 2.87 bits per heavy atom.